The fourth-order valence-electron chi connectivity index (χ4n) is 2.70. The average molecular weight is 540 g/mol. The van der Waals surface area contributed by atoms with Gasteiger partial charge in [-0.1, -0.05) is 41.9 Å². The Labute approximate surface area is 182 Å². The maximum Gasteiger partial charge on any atom is 0.191 e. The molecule has 0 spiro atoms. The van der Waals surface area contributed by atoms with Crippen LogP contribution in [0.4, 0.5) is 0 Å². The van der Waals surface area contributed by atoms with Crippen molar-refractivity contribution in [3.05, 3.63) is 34.3 Å². The lowest BCUT2D eigenvalue weighted by molar-refractivity contribution is 0.0420. The normalized spacial score (nSPS) is 17.7. The van der Waals surface area contributed by atoms with Crippen LogP contribution in [0.3, 0.4) is 0 Å². The third-order valence-electron chi connectivity index (χ3n) is 4.40. The number of ether oxygens (including phenoxy) is 2. The number of aliphatic imine (C=N–C) groups is 1. The average Bonchev–Trinajstić information content (AvgIpc) is 3.11. The van der Waals surface area contributed by atoms with Gasteiger partial charge in [0.05, 0.1) is 12.7 Å². The van der Waals surface area contributed by atoms with Gasteiger partial charge in [0.25, 0.3) is 0 Å². The Morgan fingerprint density at radius 1 is 1.31 bits per heavy atom. The van der Waals surface area contributed by atoms with E-state index < -0.39 is 0 Å². The van der Waals surface area contributed by atoms with Gasteiger partial charge in [-0.3, -0.25) is 4.99 Å². The molecule has 1 aromatic carbocycles. The molecule has 1 fully saturated rings. The van der Waals surface area contributed by atoms with Gasteiger partial charge in [0.2, 0.25) is 0 Å². The van der Waals surface area contributed by atoms with E-state index in [9.17, 15) is 0 Å². The lowest BCUT2D eigenvalue weighted by Gasteiger charge is -2.27. The Morgan fingerprint density at radius 2 is 2.04 bits per heavy atom. The molecule has 7 heteroatoms. The van der Waals surface area contributed by atoms with Crippen LogP contribution in [-0.2, 0) is 14.9 Å². The van der Waals surface area contributed by atoms with Gasteiger partial charge in [-0.05, 0) is 30.5 Å². The van der Waals surface area contributed by atoms with Crippen LogP contribution in [0.2, 0.25) is 0 Å². The van der Waals surface area contributed by atoms with Gasteiger partial charge in [-0.25, -0.2) is 0 Å². The van der Waals surface area contributed by atoms with Crippen molar-refractivity contribution in [3.63, 3.8) is 0 Å². The SMILES string of the molecule is CN=C(NCCCOC1CCOC1)NCC(C)(C)c1ccc(Br)cc1.I. The van der Waals surface area contributed by atoms with Crippen LogP contribution >= 0.6 is 39.9 Å². The number of rotatable bonds is 8. The highest BCUT2D eigenvalue weighted by atomic mass is 127. The van der Waals surface area contributed by atoms with Gasteiger partial charge in [0.15, 0.2) is 5.96 Å². The molecule has 2 rings (SSSR count). The minimum atomic E-state index is 0. The van der Waals surface area contributed by atoms with Gasteiger partial charge >= 0.3 is 0 Å². The van der Waals surface area contributed by atoms with E-state index in [1.165, 1.54) is 5.56 Å². The van der Waals surface area contributed by atoms with E-state index in [0.717, 1.165) is 56.2 Å². The highest BCUT2D eigenvalue weighted by Crippen LogP contribution is 2.23. The minimum Gasteiger partial charge on any atom is -0.379 e. The summed E-state index contributed by atoms with van der Waals surface area (Å²) in [5, 5.41) is 6.77. The first-order valence-corrected chi connectivity index (χ1v) is 9.70. The quantitative estimate of drug-likeness (QED) is 0.229. The largest absolute Gasteiger partial charge is 0.379 e. The first-order chi connectivity index (χ1) is 12.0. The summed E-state index contributed by atoms with van der Waals surface area (Å²) in [5.41, 5.74) is 1.31. The maximum absolute atomic E-state index is 5.77. The number of hydrogen-bond donors (Lipinski definition) is 2. The van der Waals surface area contributed by atoms with Crippen LogP contribution in [0.1, 0.15) is 32.3 Å². The van der Waals surface area contributed by atoms with Crippen LogP contribution < -0.4 is 10.6 Å². The summed E-state index contributed by atoms with van der Waals surface area (Å²) in [7, 11) is 1.80. The molecule has 0 aromatic heterocycles. The van der Waals surface area contributed by atoms with Gasteiger partial charge in [0, 0.05) is 43.2 Å². The smallest absolute Gasteiger partial charge is 0.191 e. The number of guanidine groups is 1. The van der Waals surface area contributed by atoms with E-state index in [1.807, 2.05) is 0 Å². The predicted octanol–water partition coefficient (Wildman–Crippen LogP) is 3.71. The van der Waals surface area contributed by atoms with Crippen molar-refractivity contribution in [2.24, 2.45) is 4.99 Å². The molecule has 1 atom stereocenters. The van der Waals surface area contributed by atoms with Crippen molar-refractivity contribution in [2.45, 2.75) is 38.2 Å². The van der Waals surface area contributed by atoms with E-state index in [4.69, 9.17) is 9.47 Å². The number of nitrogens with zero attached hydrogens (tertiary/aromatic N) is 1. The molecule has 0 bridgehead atoms. The van der Waals surface area contributed by atoms with Crippen LogP contribution in [0, 0.1) is 0 Å². The summed E-state index contributed by atoms with van der Waals surface area (Å²) >= 11 is 3.49. The van der Waals surface area contributed by atoms with Gasteiger partial charge in [0.1, 0.15) is 0 Å². The molecule has 0 radical (unpaired) electrons. The van der Waals surface area contributed by atoms with Crippen LogP contribution in [0.5, 0.6) is 0 Å². The molecule has 0 aliphatic carbocycles. The Hall–Kier alpha value is -0.380. The van der Waals surface area contributed by atoms with E-state index >= 15 is 0 Å². The Kier molecular flexibility index (Phi) is 11.1. The van der Waals surface area contributed by atoms with Gasteiger partial charge < -0.3 is 20.1 Å². The summed E-state index contributed by atoms with van der Waals surface area (Å²) in [6, 6.07) is 8.48. The first kappa shape index (κ1) is 23.7. The third-order valence-corrected chi connectivity index (χ3v) is 4.93. The molecular formula is C19H31BrIN3O2. The van der Waals surface area contributed by atoms with Crippen molar-refractivity contribution in [1.29, 1.82) is 0 Å². The Morgan fingerprint density at radius 3 is 2.65 bits per heavy atom. The molecule has 1 aliphatic rings. The molecule has 1 aromatic rings. The molecule has 5 nitrogen and oxygen atoms in total. The highest BCUT2D eigenvalue weighted by molar-refractivity contribution is 14.0. The molecule has 2 N–H and O–H groups in total. The summed E-state index contributed by atoms with van der Waals surface area (Å²) in [6.07, 6.45) is 2.25. The zero-order valence-electron chi connectivity index (χ0n) is 15.9. The molecule has 0 saturated carbocycles. The second-order valence-electron chi connectivity index (χ2n) is 6.95. The topological polar surface area (TPSA) is 54.9 Å². The summed E-state index contributed by atoms with van der Waals surface area (Å²) in [4.78, 5) is 4.30. The summed E-state index contributed by atoms with van der Waals surface area (Å²) < 4.78 is 12.2. The number of halogens is 2. The molecule has 1 unspecified atom stereocenters. The van der Waals surface area contributed by atoms with Crippen molar-refractivity contribution in [1.82, 2.24) is 10.6 Å². The monoisotopic (exact) mass is 539 g/mol. The molecule has 0 amide bonds. The zero-order valence-corrected chi connectivity index (χ0v) is 19.8. The summed E-state index contributed by atoms with van der Waals surface area (Å²) in [6.45, 7) is 8.43. The van der Waals surface area contributed by atoms with E-state index in [2.05, 4.69) is 69.7 Å². The lowest BCUT2D eigenvalue weighted by atomic mass is 9.85. The van der Waals surface area contributed by atoms with Gasteiger partial charge in [-0.15, -0.1) is 24.0 Å². The molecule has 148 valence electrons. The second-order valence-corrected chi connectivity index (χ2v) is 7.87. The molecule has 1 saturated heterocycles. The minimum absolute atomic E-state index is 0. The van der Waals surface area contributed by atoms with Gasteiger partial charge in [-0.2, -0.15) is 0 Å². The van der Waals surface area contributed by atoms with Crippen molar-refractivity contribution in [2.75, 3.05) is 40.0 Å². The number of benzene rings is 1. The molecule has 1 aliphatic heterocycles. The number of nitrogens with one attached hydrogen (secondary N) is 2. The predicted molar refractivity (Wildman–Crippen MR) is 122 cm³/mol. The fourth-order valence-corrected chi connectivity index (χ4v) is 2.97. The van der Waals surface area contributed by atoms with Crippen molar-refractivity contribution < 1.29 is 9.47 Å². The standard InChI is InChI=1S/C19H30BrN3O2.HI/c1-19(2,15-5-7-16(20)8-6-15)14-23-18(21-3)22-10-4-11-25-17-9-12-24-13-17;/h5-8,17H,4,9-14H2,1-3H3,(H2,21,22,23);1H. The van der Waals surface area contributed by atoms with Crippen molar-refractivity contribution in [3.8, 4) is 0 Å². The molecular weight excluding hydrogens is 509 g/mol. The van der Waals surface area contributed by atoms with E-state index in [0.29, 0.717) is 0 Å². The van der Waals surface area contributed by atoms with Crippen molar-refractivity contribution >= 4 is 45.9 Å². The summed E-state index contributed by atoms with van der Waals surface area (Å²) in [5.74, 6) is 0.828. The third kappa shape index (κ3) is 8.10. The Balaban J connectivity index is 0.00000338. The second kappa shape index (κ2) is 12.2. The van der Waals surface area contributed by atoms with Crippen LogP contribution in [-0.4, -0.2) is 52.0 Å². The first-order valence-electron chi connectivity index (χ1n) is 8.91. The lowest BCUT2D eigenvalue weighted by Crippen LogP contribution is -2.43. The number of hydrogen-bond acceptors (Lipinski definition) is 3. The van der Waals surface area contributed by atoms with E-state index in [-0.39, 0.29) is 35.5 Å². The Bertz CT molecular complexity index is 546. The van der Waals surface area contributed by atoms with Crippen LogP contribution in [0.25, 0.3) is 0 Å². The molecule has 26 heavy (non-hydrogen) atoms. The van der Waals surface area contributed by atoms with Crippen LogP contribution in [0.15, 0.2) is 33.7 Å². The fraction of sp³-hybridized carbons (Fsp3) is 0.632. The highest BCUT2D eigenvalue weighted by Gasteiger charge is 2.21. The zero-order chi connectivity index (χ0) is 18.1. The van der Waals surface area contributed by atoms with E-state index in [1.54, 1.807) is 7.05 Å². The molecule has 1 heterocycles. The maximum atomic E-state index is 5.77.